The number of benzene rings is 1. The smallest absolute Gasteiger partial charge is 0.273 e. The number of aromatic nitrogens is 3. The molecule has 1 unspecified atom stereocenters. The predicted octanol–water partition coefficient (Wildman–Crippen LogP) is 4.12. The molecule has 32 heavy (non-hydrogen) atoms. The van der Waals surface area contributed by atoms with Crippen LogP contribution in [0.4, 0.5) is 0 Å². The number of nitrogens with zero attached hydrogens (tertiary/aromatic N) is 1. The van der Waals surface area contributed by atoms with Gasteiger partial charge in [0.25, 0.3) is 5.56 Å². The van der Waals surface area contributed by atoms with Gasteiger partial charge in [0.15, 0.2) is 5.78 Å². The summed E-state index contributed by atoms with van der Waals surface area (Å²) in [6, 6.07) is 7.56. The van der Waals surface area contributed by atoms with Gasteiger partial charge in [-0.2, -0.15) is 0 Å². The lowest BCUT2D eigenvalue weighted by molar-refractivity contribution is -0.118. The van der Waals surface area contributed by atoms with Gasteiger partial charge in [-0.1, -0.05) is 19.9 Å². The number of pyridine rings is 1. The molecule has 7 nitrogen and oxygen atoms in total. The standard InChI is InChI=1S/C25H27N3O4/c1-5-18(24(29)16-8-15-9-17(31-4)6-7-23(15)32-13-16)20-11-26-22(10-19(20)14(2)3)21-12-27-28-25(21)30/h5-7,9-12,14,16H,8,13H2,1-4H3,(H2,27,28,30)/b18-5+. The molecular weight excluding hydrogens is 406 g/mol. The molecule has 3 aromatic rings. The SMILES string of the molecule is C/C=C(/C(=O)C1COc2ccc(OC)cc2C1)c1cnc(-c2c[nH][nH]c2=O)cc1C(C)C. The van der Waals surface area contributed by atoms with E-state index in [-0.39, 0.29) is 23.2 Å². The summed E-state index contributed by atoms with van der Waals surface area (Å²) in [5.74, 6) is 1.40. The van der Waals surface area contributed by atoms with E-state index < -0.39 is 0 Å². The van der Waals surface area contributed by atoms with Gasteiger partial charge in [0.2, 0.25) is 0 Å². The van der Waals surface area contributed by atoms with Gasteiger partial charge in [-0.3, -0.25) is 19.7 Å². The second kappa shape index (κ2) is 8.86. The first kappa shape index (κ1) is 21.6. The number of fused-ring (bicyclic) bond motifs is 1. The van der Waals surface area contributed by atoms with Crippen molar-refractivity contribution in [2.24, 2.45) is 5.92 Å². The maximum absolute atomic E-state index is 13.6. The van der Waals surface area contributed by atoms with Crippen LogP contribution in [0, 0.1) is 5.92 Å². The van der Waals surface area contributed by atoms with Crippen LogP contribution in [-0.4, -0.2) is 34.7 Å². The Morgan fingerprint density at radius 1 is 1.31 bits per heavy atom. The monoisotopic (exact) mass is 433 g/mol. The Balaban J connectivity index is 1.67. The Hall–Kier alpha value is -3.61. The van der Waals surface area contributed by atoms with Crippen molar-refractivity contribution in [2.75, 3.05) is 13.7 Å². The maximum atomic E-state index is 13.6. The van der Waals surface area contributed by atoms with Crippen molar-refractivity contribution in [3.63, 3.8) is 0 Å². The van der Waals surface area contributed by atoms with Gasteiger partial charge < -0.3 is 14.6 Å². The first-order chi connectivity index (χ1) is 15.4. The molecular formula is C25H27N3O4. The fraction of sp³-hybridized carbons (Fsp3) is 0.320. The molecule has 0 aliphatic carbocycles. The Morgan fingerprint density at radius 3 is 2.78 bits per heavy atom. The molecule has 0 bridgehead atoms. The zero-order chi connectivity index (χ0) is 22.8. The van der Waals surface area contributed by atoms with E-state index in [0.717, 1.165) is 28.2 Å². The second-order valence-corrected chi connectivity index (χ2v) is 8.22. The fourth-order valence-corrected chi connectivity index (χ4v) is 4.13. The van der Waals surface area contributed by atoms with E-state index in [1.165, 1.54) is 0 Å². The van der Waals surface area contributed by atoms with E-state index in [4.69, 9.17) is 9.47 Å². The van der Waals surface area contributed by atoms with E-state index in [9.17, 15) is 9.59 Å². The van der Waals surface area contributed by atoms with Crippen LogP contribution in [0.2, 0.25) is 0 Å². The van der Waals surface area contributed by atoms with Crippen LogP contribution in [0.15, 0.2) is 47.5 Å². The number of rotatable bonds is 6. The van der Waals surface area contributed by atoms with Crippen molar-refractivity contribution in [1.82, 2.24) is 15.2 Å². The van der Waals surface area contributed by atoms with Crippen LogP contribution in [0.25, 0.3) is 16.8 Å². The van der Waals surface area contributed by atoms with Crippen molar-refractivity contribution in [3.05, 3.63) is 69.8 Å². The molecule has 2 N–H and O–H groups in total. The first-order valence-electron chi connectivity index (χ1n) is 10.7. The van der Waals surface area contributed by atoms with E-state index >= 15 is 0 Å². The second-order valence-electron chi connectivity index (χ2n) is 8.22. The van der Waals surface area contributed by atoms with Gasteiger partial charge in [0, 0.05) is 23.5 Å². The topological polar surface area (TPSA) is 97.1 Å². The molecule has 0 spiro atoms. The van der Waals surface area contributed by atoms with E-state index in [1.54, 1.807) is 19.5 Å². The number of H-pyrrole nitrogens is 2. The maximum Gasteiger partial charge on any atom is 0.273 e. The van der Waals surface area contributed by atoms with E-state index in [0.29, 0.717) is 29.9 Å². The number of carbonyl (C=O) groups is 1. The number of Topliss-reactive ketones (excluding diaryl/α,β-unsaturated/α-hetero) is 1. The number of ketones is 1. The van der Waals surface area contributed by atoms with Crippen LogP contribution in [0.1, 0.15) is 43.4 Å². The molecule has 0 amide bonds. The predicted molar refractivity (Wildman–Crippen MR) is 123 cm³/mol. The summed E-state index contributed by atoms with van der Waals surface area (Å²) < 4.78 is 11.2. The molecule has 166 valence electrons. The molecule has 1 atom stereocenters. The van der Waals surface area contributed by atoms with Crippen LogP contribution in [0.3, 0.4) is 0 Å². The lowest BCUT2D eigenvalue weighted by atomic mass is 9.84. The summed E-state index contributed by atoms with van der Waals surface area (Å²) in [7, 11) is 1.62. The molecule has 1 aliphatic rings. The highest BCUT2D eigenvalue weighted by atomic mass is 16.5. The molecule has 0 radical (unpaired) electrons. The molecule has 1 aromatic carbocycles. The van der Waals surface area contributed by atoms with Crippen molar-refractivity contribution in [3.8, 4) is 22.8 Å². The van der Waals surface area contributed by atoms with Gasteiger partial charge in [-0.05, 0) is 54.7 Å². The highest BCUT2D eigenvalue weighted by Gasteiger charge is 2.30. The fourth-order valence-electron chi connectivity index (χ4n) is 4.13. The molecule has 7 heteroatoms. The van der Waals surface area contributed by atoms with Crippen LogP contribution >= 0.6 is 0 Å². The summed E-state index contributed by atoms with van der Waals surface area (Å²) >= 11 is 0. The number of ether oxygens (including phenoxy) is 2. The van der Waals surface area contributed by atoms with Crippen molar-refractivity contribution in [1.29, 1.82) is 0 Å². The van der Waals surface area contributed by atoms with Crippen LogP contribution in [0.5, 0.6) is 11.5 Å². The lowest BCUT2D eigenvalue weighted by Crippen LogP contribution is -2.29. The van der Waals surface area contributed by atoms with Crippen LogP contribution < -0.4 is 15.0 Å². The minimum atomic E-state index is -0.298. The summed E-state index contributed by atoms with van der Waals surface area (Å²) in [6.07, 6.45) is 5.73. The Labute approximate surface area is 186 Å². The number of aromatic amines is 2. The zero-order valence-corrected chi connectivity index (χ0v) is 18.7. The van der Waals surface area contributed by atoms with E-state index in [2.05, 4.69) is 29.0 Å². The number of hydrogen-bond donors (Lipinski definition) is 2. The van der Waals surface area contributed by atoms with Crippen molar-refractivity contribution in [2.45, 2.75) is 33.1 Å². The quantitative estimate of drug-likeness (QED) is 0.570. The molecule has 0 saturated heterocycles. The Morgan fingerprint density at radius 2 is 2.12 bits per heavy atom. The number of carbonyl (C=O) groups excluding carboxylic acids is 1. The minimum Gasteiger partial charge on any atom is -0.497 e. The lowest BCUT2D eigenvalue weighted by Gasteiger charge is -2.26. The molecule has 2 aromatic heterocycles. The summed E-state index contributed by atoms with van der Waals surface area (Å²) in [5, 5.41) is 5.24. The molecule has 1 aliphatic heterocycles. The first-order valence-corrected chi connectivity index (χ1v) is 10.7. The normalized spacial score (nSPS) is 15.9. The van der Waals surface area contributed by atoms with Gasteiger partial charge in [0.05, 0.1) is 30.9 Å². The van der Waals surface area contributed by atoms with Crippen LogP contribution in [-0.2, 0) is 11.2 Å². The number of nitrogens with one attached hydrogen (secondary N) is 2. The largest absolute Gasteiger partial charge is 0.497 e. The van der Waals surface area contributed by atoms with Crippen molar-refractivity contribution < 1.29 is 14.3 Å². The summed E-state index contributed by atoms with van der Waals surface area (Å²) in [5.41, 5.74) is 4.17. The third-order valence-corrected chi connectivity index (χ3v) is 5.87. The van der Waals surface area contributed by atoms with Gasteiger partial charge in [-0.25, -0.2) is 0 Å². The number of methoxy groups -OCH3 is 1. The van der Waals surface area contributed by atoms with Gasteiger partial charge in [0.1, 0.15) is 11.5 Å². The van der Waals surface area contributed by atoms with Gasteiger partial charge >= 0.3 is 0 Å². The Bertz CT molecular complexity index is 1240. The number of hydrogen-bond acceptors (Lipinski definition) is 5. The highest BCUT2D eigenvalue weighted by Crippen LogP contribution is 2.35. The van der Waals surface area contributed by atoms with E-state index in [1.807, 2.05) is 37.3 Å². The number of allylic oxidation sites excluding steroid dienone is 2. The third kappa shape index (κ3) is 3.98. The molecule has 3 heterocycles. The Kier molecular flexibility index (Phi) is 5.99. The molecule has 0 fully saturated rings. The summed E-state index contributed by atoms with van der Waals surface area (Å²) in [6.45, 7) is 6.32. The minimum absolute atomic E-state index is 0.0249. The highest BCUT2D eigenvalue weighted by molar-refractivity contribution is 6.22. The average molecular weight is 434 g/mol. The van der Waals surface area contributed by atoms with Gasteiger partial charge in [-0.15, -0.1) is 0 Å². The zero-order valence-electron chi connectivity index (χ0n) is 18.7. The third-order valence-electron chi connectivity index (χ3n) is 5.87. The summed E-state index contributed by atoms with van der Waals surface area (Å²) in [4.78, 5) is 30.1. The molecule has 4 rings (SSSR count). The van der Waals surface area contributed by atoms with Crippen molar-refractivity contribution >= 4 is 11.4 Å². The average Bonchev–Trinajstić information content (AvgIpc) is 3.24. The molecule has 0 saturated carbocycles.